The monoisotopic (exact) mass is 440 g/mol. The zero-order valence-electron chi connectivity index (χ0n) is 16.9. The number of carbonyl (C=O) groups is 1. The van der Waals surface area contributed by atoms with E-state index in [1.807, 2.05) is 48.5 Å². The van der Waals surface area contributed by atoms with Crippen LogP contribution in [-0.2, 0) is 4.79 Å². The Bertz CT molecular complexity index is 988. The molecule has 0 aromatic heterocycles. The van der Waals surface area contributed by atoms with Crippen LogP contribution in [0.3, 0.4) is 0 Å². The van der Waals surface area contributed by atoms with Crippen LogP contribution in [0.4, 0.5) is 0 Å². The number of nitrogens with zero attached hydrogens (tertiary/aromatic N) is 1. The molecule has 1 aliphatic carbocycles. The smallest absolute Gasteiger partial charge is 0.345 e. The zero-order chi connectivity index (χ0) is 21.8. The lowest BCUT2D eigenvalue weighted by Gasteiger charge is -2.37. The Balaban J connectivity index is 0.00000124. The largest absolute Gasteiger partial charge is 0.496 e. The van der Waals surface area contributed by atoms with Gasteiger partial charge in [0.05, 0.1) is 7.11 Å². The molecule has 7 heteroatoms. The highest BCUT2D eigenvalue weighted by atomic mass is 35.5. The lowest BCUT2D eigenvalue weighted by Crippen LogP contribution is -2.28. The van der Waals surface area contributed by atoms with Crippen molar-refractivity contribution in [2.45, 2.75) is 18.2 Å². The predicted molar refractivity (Wildman–Crippen MR) is 122 cm³/mol. The SMILES string of the molecule is CN.COc1cc(Cl)ccc1C1C=CC2C(=O)B(C#N)CC2C1c1ccc(Cl)cc1. The summed E-state index contributed by atoms with van der Waals surface area (Å²) >= 11 is 12.3. The van der Waals surface area contributed by atoms with E-state index in [4.69, 9.17) is 27.9 Å². The summed E-state index contributed by atoms with van der Waals surface area (Å²) in [4.78, 5) is 12.7. The fourth-order valence-corrected chi connectivity index (χ4v) is 5.01. The average molecular weight is 441 g/mol. The third-order valence-corrected chi connectivity index (χ3v) is 6.47. The standard InChI is InChI=1S/C22H18BCl2NO2.CH5N/c1-28-20-10-15(25)6-7-16(20)17-8-9-18-19(11-23(12-26)22(18)27)21(17)13-2-4-14(24)5-3-13;1-2/h2-10,17-19,21H,11H2,1H3;2H2,1H3. The molecule has 0 saturated carbocycles. The lowest BCUT2D eigenvalue weighted by molar-refractivity contribution is -0.114. The average Bonchev–Trinajstić information content (AvgIpc) is 3.11. The van der Waals surface area contributed by atoms with Gasteiger partial charge in [-0.25, -0.2) is 5.26 Å². The maximum Gasteiger partial charge on any atom is 0.345 e. The topological polar surface area (TPSA) is 76.1 Å². The van der Waals surface area contributed by atoms with Crippen molar-refractivity contribution < 1.29 is 9.53 Å². The van der Waals surface area contributed by atoms with Crippen molar-refractivity contribution in [1.29, 1.82) is 5.26 Å². The normalized spacial score (nSPS) is 24.5. The van der Waals surface area contributed by atoms with Crippen molar-refractivity contribution >= 4 is 35.6 Å². The number of hydrogen-bond donors (Lipinski definition) is 1. The fourth-order valence-electron chi connectivity index (χ4n) is 4.72. The van der Waals surface area contributed by atoms with E-state index >= 15 is 0 Å². The van der Waals surface area contributed by atoms with Gasteiger partial charge in [-0.2, -0.15) is 0 Å². The number of hydrogen-bond acceptors (Lipinski definition) is 4. The summed E-state index contributed by atoms with van der Waals surface area (Å²) in [5.41, 5.74) is 6.66. The molecule has 0 amide bonds. The molecule has 154 valence electrons. The number of rotatable bonds is 3. The third kappa shape index (κ3) is 4.13. The van der Waals surface area contributed by atoms with Crippen molar-refractivity contribution in [3.05, 3.63) is 75.8 Å². The molecule has 4 nitrogen and oxygen atoms in total. The van der Waals surface area contributed by atoms with Gasteiger partial charge < -0.3 is 15.3 Å². The van der Waals surface area contributed by atoms with Crippen LogP contribution in [0, 0.1) is 23.1 Å². The summed E-state index contributed by atoms with van der Waals surface area (Å²) in [6, 6.07) is 13.4. The maximum atomic E-state index is 12.7. The Morgan fingerprint density at radius 3 is 2.33 bits per heavy atom. The van der Waals surface area contributed by atoms with Crippen LogP contribution in [0.5, 0.6) is 5.75 Å². The Morgan fingerprint density at radius 2 is 1.70 bits per heavy atom. The molecule has 1 aliphatic heterocycles. The summed E-state index contributed by atoms with van der Waals surface area (Å²) in [6.07, 6.45) is 4.64. The minimum absolute atomic E-state index is 0.0138. The van der Waals surface area contributed by atoms with E-state index in [9.17, 15) is 10.1 Å². The van der Waals surface area contributed by atoms with Crippen molar-refractivity contribution in [1.82, 2.24) is 0 Å². The molecule has 4 unspecified atom stereocenters. The summed E-state index contributed by atoms with van der Waals surface area (Å²) < 4.78 is 5.60. The molecule has 0 bridgehead atoms. The first-order chi connectivity index (χ1) is 14.5. The zero-order valence-corrected chi connectivity index (χ0v) is 18.4. The Labute approximate surface area is 187 Å². The minimum Gasteiger partial charge on any atom is -0.496 e. The Kier molecular flexibility index (Phi) is 7.25. The number of methoxy groups -OCH3 is 1. The minimum atomic E-state index is -0.541. The second kappa shape index (κ2) is 9.70. The molecular formula is C23H23BCl2N2O2. The van der Waals surface area contributed by atoms with Gasteiger partial charge in [-0.3, -0.25) is 0 Å². The summed E-state index contributed by atoms with van der Waals surface area (Å²) in [5, 5.41) is 10.7. The number of benzene rings is 2. The molecule has 4 rings (SSSR count). The maximum absolute atomic E-state index is 12.7. The first-order valence-corrected chi connectivity index (χ1v) is 10.6. The molecule has 4 atom stereocenters. The second-order valence-corrected chi connectivity index (χ2v) is 8.26. The molecule has 1 fully saturated rings. The highest BCUT2D eigenvalue weighted by molar-refractivity contribution is 6.97. The van der Waals surface area contributed by atoms with Crippen molar-refractivity contribution in [2.24, 2.45) is 17.6 Å². The van der Waals surface area contributed by atoms with Gasteiger partial charge in [0, 0.05) is 33.4 Å². The molecule has 1 heterocycles. The van der Waals surface area contributed by atoms with E-state index in [2.05, 4.69) is 17.8 Å². The number of carbonyl (C=O) groups excluding carboxylic acids is 1. The van der Waals surface area contributed by atoms with Crippen LogP contribution in [0.25, 0.3) is 0 Å². The molecule has 2 aliphatic rings. The van der Waals surface area contributed by atoms with Crippen molar-refractivity contribution in [3.8, 4) is 11.7 Å². The van der Waals surface area contributed by atoms with Gasteiger partial charge >= 0.3 is 6.71 Å². The number of nitriles is 1. The fraction of sp³-hybridized carbons (Fsp3) is 0.304. The van der Waals surface area contributed by atoms with E-state index in [-0.39, 0.29) is 29.4 Å². The third-order valence-electron chi connectivity index (χ3n) is 5.98. The highest BCUT2D eigenvalue weighted by Crippen LogP contribution is 2.53. The van der Waals surface area contributed by atoms with Gasteiger partial charge in [0.2, 0.25) is 0 Å². The highest BCUT2D eigenvalue weighted by Gasteiger charge is 2.51. The summed E-state index contributed by atoms with van der Waals surface area (Å²) in [5.74, 6) is 2.81. The number of nitrogens with two attached hydrogens (primary N) is 1. The molecule has 1 saturated heterocycles. The van der Waals surface area contributed by atoms with Crippen LogP contribution in [0.2, 0.25) is 16.4 Å². The van der Waals surface area contributed by atoms with Gasteiger partial charge in [-0.05, 0) is 55.0 Å². The van der Waals surface area contributed by atoms with Gasteiger partial charge in [-0.15, -0.1) is 0 Å². The molecule has 2 aromatic carbocycles. The van der Waals surface area contributed by atoms with Crippen LogP contribution < -0.4 is 10.5 Å². The predicted octanol–water partition coefficient (Wildman–Crippen LogP) is 4.93. The second-order valence-electron chi connectivity index (χ2n) is 7.38. The number of allylic oxidation sites excluding steroid dienone is 2. The van der Waals surface area contributed by atoms with Crippen LogP contribution in [0.15, 0.2) is 54.6 Å². The number of halogens is 2. The lowest BCUT2D eigenvalue weighted by atomic mass is 9.48. The first-order valence-electron chi connectivity index (χ1n) is 9.81. The van der Waals surface area contributed by atoms with Crippen molar-refractivity contribution in [2.75, 3.05) is 14.2 Å². The van der Waals surface area contributed by atoms with Crippen molar-refractivity contribution in [3.63, 3.8) is 0 Å². The summed E-state index contributed by atoms with van der Waals surface area (Å²) in [6.45, 7) is -0.541. The van der Waals surface area contributed by atoms with Gasteiger partial charge in [-0.1, -0.05) is 53.6 Å². The van der Waals surface area contributed by atoms with Crippen LogP contribution in [-0.4, -0.2) is 26.6 Å². The van der Waals surface area contributed by atoms with E-state index < -0.39 is 6.71 Å². The van der Waals surface area contributed by atoms with Gasteiger partial charge in [0.15, 0.2) is 0 Å². The molecule has 30 heavy (non-hydrogen) atoms. The van der Waals surface area contributed by atoms with E-state index in [0.29, 0.717) is 16.4 Å². The Hall–Kier alpha value is -2.26. The van der Waals surface area contributed by atoms with E-state index in [0.717, 1.165) is 16.9 Å². The van der Waals surface area contributed by atoms with Crippen LogP contribution in [0.1, 0.15) is 23.0 Å². The number of fused-ring (bicyclic) bond motifs is 1. The molecular weight excluding hydrogens is 418 g/mol. The molecule has 2 aromatic rings. The first kappa shape index (κ1) is 22.4. The molecule has 2 N–H and O–H groups in total. The molecule has 0 radical (unpaired) electrons. The number of ether oxygens (including phenoxy) is 1. The van der Waals surface area contributed by atoms with Gasteiger partial charge in [0.25, 0.3) is 0 Å². The Morgan fingerprint density at radius 1 is 1.07 bits per heavy atom. The van der Waals surface area contributed by atoms with Crippen LogP contribution >= 0.6 is 23.2 Å². The van der Waals surface area contributed by atoms with E-state index in [1.165, 1.54) is 7.05 Å². The quantitative estimate of drug-likeness (QED) is 0.542. The molecule has 0 spiro atoms. The van der Waals surface area contributed by atoms with E-state index in [1.54, 1.807) is 7.11 Å². The van der Waals surface area contributed by atoms with Gasteiger partial charge in [0.1, 0.15) is 11.4 Å². The summed E-state index contributed by atoms with van der Waals surface area (Å²) in [7, 11) is 3.13.